The first kappa shape index (κ1) is 20.4. The topological polar surface area (TPSA) is 82.1 Å². The van der Waals surface area contributed by atoms with Crippen molar-refractivity contribution in [3.8, 4) is 0 Å². The Morgan fingerprint density at radius 3 is 2.85 bits per heavy atom. The number of likely N-dealkylation sites (tertiary alicyclic amines) is 1. The van der Waals surface area contributed by atoms with Crippen molar-refractivity contribution >= 4 is 43.1 Å². The fourth-order valence-electron chi connectivity index (χ4n) is 4.93. The van der Waals surface area contributed by atoms with Gasteiger partial charge in [-0.2, -0.15) is 0 Å². The minimum atomic E-state index is -1.09. The Balaban J connectivity index is 1.49. The van der Waals surface area contributed by atoms with E-state index < -0.39 is 11.4 Å². The van der Waals surface area contributed by atoms with E-state index in [1.54, 1.807) is 24.7 Å². The maximum Gasteiger partial charge on any atom is 0.256 e. The maximum atomic E-state index is 14.1. The fraction of sp³-hybridized carbons (Fsp3) is 0.240. The highest BCUT2D eigenvalue weighted by Crippen LogP contribution is 2.42. The molecule has 4 heterocycles. The number of hydrogen-bond donors (Lipinski definition) is 2. The van der Waals surface area contributed by atoms with Crippen molar-refractivity contribution in [1.82, 2.24) is 19.9 Å². The quantitative estimate of drug-likeness (QED) is 0.392. The van der Waals surface area contributed by atoms with Gasteiger partial charge in [-0.1, -0.05) is 0 Å². The maximum absolute atomic E-state index is 14.1. The summed E-state index contributed by atoms with van der Waals surface area (Å²) in [6.07, 6.45) is 6.62. The van der Waals surface area contributed by atoms with Crippen LogP contribution in [0.1, 0.15) is 23.4 Å². The van der Waals surface area contributed by atoms with Crippen molar-refractivity contribution in [2.45, 2.75) is 25.0 Å². The second-order valence-electron chi connectivity index (χ2n) is 8.68. The largest absolute Gasteiger partial charge is 0.381 e. The summed E-state index contributed by atoms with van der Waals surface area (Å²) in [4.78, 5) is 26.6. The number of nitrogens with one attached hydrogen (secondary N) is 1. The van der Waals surface area contributed by atoms with Gasteiger partial charge in [0.2, 0.25) is 0 Å². The number of aliphatic hydroxyl groups is 1. The summed E-state index contributed by atoms with van der Waals surface area (Å²) < 4.78 is 14.9. The van der Waals surface area contributed by atoms with Gasteiger partial charge in [0.15, 0.2) is 0 Å². The van der Waals surface area contributed by atoms with Crippen molar-refractivity contribution < 1.29 is 9.50 Å². The van der Waals surface area contributed by atoms with Crippen molar-refractivity contribution in [2.24, 2.45) is 0 Å². The van der Waals surface area contributed by atoms with Crippen LogP contribution < -0.4 is 5.56 Å². The Bertz CT molecular complexity index is 1570. The molecule has 0 aliphatic carbocycles. The highest BCUT2D eigenvalue weighted by Gasteiger charge is 2.38. The van der Waals surface area contributed by atoms with E-state index in [4.69, 9.17) is 4.98 Å². The molecule has 6 rings (SSSR count). The summed E-state index contributed by atoms with van der Waals surface area (Å²) in [6.45, 7) is 2.10. The highest BCUT2D eigenvalue weighted by atomic mass is 32.1. The van der Waals surface area contributed by atoms with Gasteiger partial charge in [-0.3, -0.25) is 14.7 Å². The first-order valence-electron chi connectivity index (χ1n) is 10.9. The van der Waals surface area contributed by atoms with Crippen LogP contribution in [0.25, 0.3) is 31.8 Å². The zero-order valence-corrected chi connectivity index (χ0v) is 18.5. The van der Waals surface area contributed by atoms with Gasteiger partial charge in [-0.15, -0.1) is 11.3 Å². The lowest BCUT2D eigenvalue weighted by Gasteiger charge is -2.38. The van der Waals surface area contributed by atoms with Crippen LogP contribution in [0.2, 0.25) is 0 Å². The lowest BCUT2D eigenvalue weighted by atomic mass is 9.93. The summed E-state index contributed by atoms with van der Waals surface area (Å²) in [5.74, 6) is -0.403. The summed E-state index contributed by atoms with van der Waals surface area (Å²) in [5, 5.41) is 14.8. The van der Waals surface area contributed by atoms with E-state index in [1.165, 1.54) is 23.5 Å². The third-order valence-corrected chi connectivity index (χ3v) is 7.72. The molecule has 3 aromatic heterocycles. The summed E-state index contributed by atoms with van der Waals surface area (Å²) in [7, 11) is 0. The van der Waals surface area contributed by atoms with E-state index in [2.05, 4.69) is 14.9 Å². The Kier molecular flexibility index (Phi) is 4.76. The van der Waals surface area contributed by atoms with Gasteiger partial charge in [0.05, 0.1) is 15.6 Å². The van der Waals surface area contributed by atoms with Crippen molar-refractivity contribution in [3.63, 3.8) is 0 Å². The predicted octanol–water partition coefficient (Wildman–Crippen LogP) is 4.31. The monoisotopic (exact) mass is 460 g/mol. The molecule has 0 bridgehead atoms. The predicted molar refractivity (Wildman–Crippen MR) is 128 cm³/mol. The molecule has 166 valence electrons. The minimum Gasteiger partial charge on any atom is -0.381 e. The SMILES string of the molecule is O=c1[nH]ccc2c3sc(C4(O)CCCN(Cc5ccncc5)C4)nc3c3ccc(F)cc3c12. The van der Waals surface area contributed by atoms with Gasteiger partial charge in [0.25, 0.3) is 5.56 Å². The van der Waals surface area contributed by atoms with Crippen LogP contribution in [0.4, 0.5) is 4.39 Å². The molecule has 5 aromatic rings. The number of fused-ring (bicyclic) bond motifs is 6. The number of halogens is 1. The number of rotatable bonds is 3. The normalized spacial score (nSPS) is 19.6. The van der Waals surface area contributed by atoms with Crippen molar-refractivity contribution in [2.75, 3.05) is 13.1 Å². The van der Waals surface area contributed by atoms with E-state index in [0.717, 1.165) is 35.2 Å². The molecule has 8 heteroatoms. The molecule has 2 aromatic carbocycles. The van der Waals surface area contributed by atoms with Crippen LogP contribution in [0.5, 0.6) is 0 Å². The molecule has 2 N–H and O–H groups in total. The van der Waals surface area contributed by atoms with Crippen LogP contribution in [0, 0.1) is 5.82 Å². The van der Waals surface area contributed by atoms with Crippen LogP contribution in [-0.2, 0) is 12.1 Å². The molecular weight excluding hydrogens is 439 g/mol. The number of pyridine rings is 2. The molecular formula is C25H21FN4O2S. The summed E-state index contributed by atoms with van der Waals surface area (Å²) in [5.41, 5.74) is 0.494. The molecule has 0 spiro atoms. The van der Waals surface area contributed by atoms with Gasteiger partial charge >= 0.3 is 0 Å². The standard InChI is InChI=1S/C25H21FN4O2S/c26-16-2-3-17-19(12-16)20-18(6-10-28-23(20)31)22-21(17)29-24(33-22)25(32)7-1-11-30(14-25)13-15-4-8-27-9-5-15/h2-6,8-10,12,32H,1,7,11,13-14H2,(H,28,31). The number of hydrogen-bond acceptors (Lipinski definition) is 6. The van der Waals surface area contributed by atoms with E-state index >= 15 is 0 Å². The number of aromatic amines is 1. The van der Waals surface area contributed by atoms with Crippen LogP contribution in [-0.4, -0.2) is 38.0 Å². The molecule has 0 saturated carbocycles. The number of thiazole rings is 1. The number of H-pyrrole nitrogens is 1. The number of aromatic nitrogens is 3. The molecule has 1 aliphatic rings. The molecule has 1 unspecified atom stereocenters. The molecule has 1 fully saturated rings. The number of nitrogens with zero attached hydrogens (tertiary/aromatic N) is 3. The summed E-state index contributed by atoms with van der Waals surface area (Å²) >= 11 is 1.42. The number of benzene rings is 2. The van der Waals surface area contributed by atoms with Crippen LogP contribution in [0.15, 0.2) is 59.8 Å². The average Bonchev–Trinajstić information content (AvgIpc) is 3.27. The molecule has 0 amide bonds. The van der Waals surface area contributed by atoms with Gasteiger partial charge in [-0.25, -0.2) is 9.37 Å². The van der Waals surface area contributed by atoms with E-state index in [0.29, 0.717) is 39.6 Å². The third-order valence-electron chi connectivity index (χ3n) is 6.44. The second kappa shape index (κ2) is 7.69. The van der Waals surface area contributed by atoms with Crippen molar-refractivity contribution in [3.05, 3.63) is 81.7 Å². The molecule has 0 radical (unpaired) electrons. The Morgan fingerprint density at radius 1 is 1.15 bits per heavy atom. The van der Waals surface area contributed by atoms with E-state index in [9.17, 15) is 14.3 Å². The van der Waals surface area contributed by atoms with Gasteiger partial charge < -0.3 is 10.1 Å². The van der Waals surface area contributed by atoms with Gasteiger partial charge in [0.1, 0.15) is 16.4 Å². The summed E-state index contributed by atoms with van der Waals surface area (Å²) in [6, 6.07) is 10.2. The molecule has 6 nitrogen and oxygen atoms in total. The van der Waals surface area contributed by atoms with Crippen LogP contribution >= 0.6 is 11.3 Å². The zero-order valence-electron chi connectivity index (χ0n) is 17.7. The smallest absolute Gasteiger partial charge is 0.256 e. The Morgan fingerprint density at radius 2 is 2.00 bits per heavy atom. The molecule has 1 aliphatic heterocycles. The third kappa shape index (κ3) is 3.42. The fourth-order valence-corrected chi connectivity index (χ4v) is 6.15. The second-order valence-corrected chi connectivity index (χ2v) is 9.68. The number of β-amino-alcohol motifs (C(OH)–C–C–N with tert-alkyl or cyclic N) is 1. The minimum absolute atomic E-state index is 0.264. The lowest BCUT2D eigenvalue weighted by molar-refractivity contribution is -0.0381. The Hall–Kier alpha value is -3.20. The number of piperidine rings is 1. The van der Waals surface area contributed by atoms with E-state index in [-0.39, 0.29) is 5.56 Å². The zero-order chi connectivity index (χ0) is 22.6. The lowest BCUT2D eigenvalue weighted by Crippen LogP contribution is -2.45. The van der Waals surface area contributed by atoms with Crippen molar-refractivity contribution in [1.29, 1.82) is 0 Å². The first-order chi connectivity index (χ1) is 16.0. The first-order valence-corrected chi connectivity index (χ1v) is 11.7. The Labute approximate surface area is 192 Å². The molecule has 1 atom stereocenters. The molecule has 33 heavy (non-hydrogen) atoms. The highest BCUT2D eigenvalue weighted by molar-refractivity contribution is 7.19. The average molecular weight is 461 g/mol. The van der Waals surface area contributed by atoms with E-state index in [1.807, 2.05) is 18.2 Å². The van der Waals surface area contributed by atoms with Crippen LogP contribution in [0.3, 0.4) is 0 Å². The van der Waals surface area contributed by atoms with Gasteiger partial charge in [-0.05, 0) is 61.3 Å². The molecule has 1 saturated heterocycles. The van der Waals surface area contributed by atoms with Gasteiger partial charge in [0, 0.05) is 47.8 Å².